The van der Waals surface area contributed by atoms with Crippen LogP contribution in [0.1, 0.15) is 20.7 Å². The summed E-state index contributed by atoms with van der Waals surface area (Å²) in [6, 6.07) is 14.8. The molecule has 0 saturated carbocycles. The molecule has 0 aliphatic carbocycles. The van der Waals surface area contributed by atoms with Crippen molar-refractivity contribution in [3.8, 4) is 0 Å². The van der Waals surface area contributed by atoms with Crippen LogP contribution in [0, 0.1) is 0 Å². The third-order valence-corrected chi connectivity index (χ3v) is 2.44. The smallest absolute Gasteiger partial charge is 0.870 e. The summed E-state index contributed by atoms with van der Waals surface area (Å²) in [6.45, 7) is 0. The predicted molar refractivity (Wildman–Crippen MR) is 77.7 cm³/mol. The molecule has 2 aromatic carbocycles. The summed E-state index contributed by atoms with van der Waals surface area (Å²) in [6.07, 6.45) is 0. The Hall–Kier alpha value is -1.54. The van der Waals surface area contributed by atoms with Gasteiger partial charge in [0.15, 0.2) is 0 Å². The van der Waals surface area contributed by atoms with E-state index in [2.05, 4.69) is 12.6 Å². The van der Waals surface area contributed by atoms with E-state index < -0.39 is 11.9 Å². The van der Waals surface area contributed by atoms with Gasteiger partial charge in [0.2, 0.25) is 0 Å². The van der Waals surface area contributed by atoms with Gasteiger partial charge < -0.3 is 25.3 Å². The summed E-state index contributed by atoms with van der Waals surface area (Å²) in [5.74, 6) is -2.81. The van der Waals surface area contributed by atoms with Crippen LogP contribution in [0.2, 0.25) is 0 Å². The molecule has 0 saturated heterocycles. The van der Waals surface area contributed by atoms with Crippen molar-refractivity contribution in [3.63, 3.8) is 0 Å². The van der Waals surface area contributed by atoms with Crippen molar-refractivity contribution in [2.75, 3.05) is 0 Å². The van der Waals surface area contributed by atoms with Crippen LogP contribution in [0.3, 0.4) is 0 Å². The maximum absolute atomic E-state index is 10.3. The van der Waals surface area contributed by atoms with Crippen molar-refractivity contribution in [1.82, 2.24) is 0 Å². The molecule has 0 spiro atoms. The molecule has 21 heavy (non-hydrogen) atoms. The van der Waals surface area contributed by atoms with Crippen LogP contribution in [0.15, 0.2) is 59.5 Å². The Morgan fingerprint density at radius 2 is 1.24 bits per heavy atom. The first-order valence-electron chi connectivity index (χ1n) is 5.30. The van der Waals surface area contributed by atoms with E-state index in [1.165, 1.54) is 18.2 Å². The second-order valence-corrected chi connectivity index (χ2v) is 4.10. The zero-order valence-corrected chi connectivity index (χ0v) is 13.4. The minimum absolute atomic E-state index is 0. The van der Waals surface area contributed by atoms with Gasteiger partial charge in [-0.2, -0.15) is 0 Å². The fourth-order valence-electron chi connectivity index (χ4n) is 1.21. The second kappa shape index (κ2) is 11.2. The fraction of sp³-hybridized carbons (Fsp3) is 0. The fourth-order valence-corrected chi connectivity index (χ4v) is 1.40. The average Bonchev–Trinajstić information content (AvgIpc) is 2.40. The molecule has 0 radical (unpaired) electrons. The van der Waals surface area contributed by atoms with Crippen LogP contribution in [0.5, 0.6) is 0 Å². The first-order chi connectivity index (χ1) is 9.00. The van der Waals surface area contributed by atoms with Crippen LogP contribution in [0.25, 0.3) is 0 Å². The van der Waals surface area contributed by atoms with Crippen molar-refractivity contribution in [2.24, 2.45) is 0 Å². The third kappa shape index (κ3) is 8.36. The van der Waals surface area contributed by atoms with E-state index in [9.17, 15) is 19.8 Å². The minimum Gasteiger partial charge on any atom is -0.870 e. The Morgan fingerprint density at radius 3 is 1.52 bits per heavy atom. The molecule has 106 valence electrons. The first-order valence-corrected chi connectivity index (χ1v) is 5.80. The summed E-state index contributed by atoms with van der Waals surface area (Å²) in [5.41, 5.74) is -0.339. The number of benzene rings is 2. The molecule has 0 aliphatic rings. The largest absolute Gasteiger partial charge is 2.00 e. The number of hydrogen-bond acceptors (Lipinski definition) is 5. The van der Waals surface area contributed by atoms with Crippen molar-refractivity contribution >= 4 is 47.6 Å². The SMILES string of the molecule is O=C([O-])c1cccc(C(=O)[O-])c1.[Mg+2].[OH-].[SH2+]c1ccccc1. The van der Waals surface area contributed by atoms with Gasteiger partial charge in [-0.25, -0.2) is 0 Å². The molecule has 2 aromatic rings. The van der Waals surface area contributed by atoms with Crippen molar-refractivity contribution in [1.29, 1.82) is 0 Å². The van der Waals surface area contributed by atoms with E-state index in [1.807, 2.05) is 30.3 Å². The van der Waals surface area contributed by atoms with Gasteiger partial charge >= 0.3 is 23.1 Å². The average molecular weight is 317 g/mol. The van der Waals surface area contributed by atoms with Crippen LogP contribution >= 0.6 is 0 Å². The van der Waals surface area contributed by atoms with E-state index >= 15 is 0 Å². The molecule has 0 unspecified atom stereocenters. The number of carbonyl (C=O) groups is 2. The number of hydrogen-bond donors (Lipinski definition) is 0. The van der Waals surface area contributed by atoms with Crippen molar-refractivity contribution < 1.29 is 25.3 Å². The van der Waals surface area contributed by atoms with E-state index in [0.717, 1.165) is 11.0 Å². The molecule has 5 nitrogen and oxygen atoms in total. The molecule has 0 aromatic heterocycles. The maximum Gasteiger partial charge on any atom is 2.00 e. The molecule has 0 atom stereocenters. The summed E-state index contributed by atoms with van der Waals surface area (Å²) in [7, 11) is 0. The Kier molecular flexibility index (Phi) is 11.6. The number of carboxylic acids is 2. The van der Waals surface area contributed by atoms with Gasteiger partial charge in [0.25, 0.3) is 0 Å². The predicted octanol–water partition coefficient (Wildman–Crippen LogP) is -1.09. The summed E-state index contributed by atoms with van der Waals surface area (Å²) in [5, 5.41) is 20.5. The topological polar surface area (TPSA) is 110 Å². The van der Waals surface area contributed by atoms with Crippen LogP contribution in [-0.2, 0) is 12.6 Å². The van der Waals surface area contributed by atoms with Crippen molar-refractivity contribution in [2.45, 2.75) is 4.90 Å². The van der Waals surface area contributed by atoms with Gasteiger partial charge in [0.1, 0.15) is 4.90 Å². The van der Waals surface area contributed by atoms with E-state index in [0.29, 0.717) is 0 Å². The number of carbonyl (C=O) groups excluding carboxylic acids is 2. The van der Waals surface area contributed by atoms with E-state index in [1.54, 1.807) is 0 Å². The molecule has 0 fully saturated rings. The van der Waals surface area contributed by atoms with E-state index in [4.69, 9.17) is 0 Å². The standard InChI is InChI=1S/C8H6O4.C6H6S.Mg.H2O/c9-7(10)5-2-1-3-6(4-5)8(11)12;7-6-4-2-1-3-5-6;;/h1-4H,(H,9,10)(H,11,12);1-5,7H;;1H2/q;;+2;/p-2. The van der Waals surface area contributed by atoms with Gasteiger partial charge in [-0.15, -0.1) is 0 Å². The Balaban J connectivity index is 0. The summed E-state index contributed by atoms with van der Waals surface area (Å²) >= 11 is 3.36. The zero-order chi connectivity index (χ0) is 14.3. The molecule has 0 amide bonds. The minimum atomic E-state index is -1.40. The molecule has 7 heteroatoms. The molecule has 1 N–H and O–H groups in total. The molecule has 0 bridgehead atoms. The van der Waals surface area contributed by atoms with E-state index in [-0.39, 0.29) is 39.7 Å². The normalized spacial score (nSPS) is 8.24. The Bertz CT molecular complexity index is 545. The Morgan fingerprint density at radius 1 is 0.810 bits per heavy atom. The maximum atomic E-state index is 10.3. The molecular formula is C14H12MgO5S. The summed E-state index contributed by atoms with van der Waals surface area (Å²) < 4.78 is 0. The Labute approximate surface area is 143 Å². The second-order valence-electron chi connectivity index (χ2n) is 3.52. The number of carboxylic acid groups (broad SMARTS) is 2. The molecular weight excluding hydrogens is 305 g/mol. The van der Waals surface area contributed by atoms with Gasteiger partial charge in [-0.05, 0) is 42.0 Å². The third-order valence-electron chi connectivity index (χ3n) is 2.11. The molecule has 0 aliphatic heterocycles. The quantitative estimate of drug-likeness (QED) is 0.516. The number of aromatic carboxylic acids is 2. The first kappa shape index (κ1) is 21.7. The van der Waals surface area contributed by atoms with Gasteiger partial charge in [-0.3, -0.25) is 0 Å². The van der Waals surface area contributed by atoms with Crippen LogP contribution in [-0.4, -0.2) is 40.5 Å². The zero-order valence-electron chi connectivity index (χ0n) is 11.0. The van der Waals surface area contributed by atoms with Crippen LogP contribution in [0.4, 0.5) is 0 Å². The van der Waals surface area contributed by atoms with Gasteiger partial charge in [0, 0.05) is 0 Å². The molecule has 2 rings (SSSR count). The van der Waals surface area contributed by atoms with Crippen molar-refractivity contribution in [3.05, 3.63) is 65.7 Å². The summed E-state index contributed by atoms with van der Waals surface area (Å²) in [4.78, 5) is 21.6. The number of rotatable bonds is 2. The van der Waals surface area contributed by atoms with Gasteiger partial charge in [-0.1, -0.05) is 36.4 Å². The monoisotopic (exact) mass is 316 g/mol. The molecule has 0 heterocycles. The van der Waals surface area contributed by atoms with Gasteiger partial charge in [0.05, 0.1) is 11.9 Å². The van der Waals surface area contributed by atoms with Crippen LogP contribution < -0.4 is 10.2 Å².